The number of carbonyl (C=O) groups excluding carboxylic acids is 2. The third-order valence-corrected chi connectivity index (χ3v) is 9.26. The van der Waals surface area contributed by atoms with E-state index in [4.69, 9.17) is 0 Å². The molecule has 6 rings (SSSR count). The highest BCUT2D eigenvalue weighted by Gasteiger charge is 2.56. The van der Waals surface area contributed by atoms with Crippen LogP contribution in [0.25, 0.3) is 11.8 Å². The minimum absolute atomic E-state index is 0.288. The maximum Gasteiger partial charge on any atom is 0.392 e. The van der Waals surface area contributed by atoms with E-state index in [-0.39, 0.29) is 24.6 Å². The summed E-state index contributed by atoms with van der Waals surface area (Å²) in [6.45, 7) is 3.57. The minimum atomic E-state index is -4.56. The van der Waals surface area contributed by atoms with Gasteiger partial charge in [0.15, 0.2) is 5.78 Å². The fourth-order valence-corrected chi connectivity index (χ4v) is 7.06. The molecule has 1 fully saturated rings. The number of benzene rings is 2. The lowest BCUT2D eigenvalue weighted by molar-refractivity contribution is -0.197. The van der Waals surface area contributed by atoms with Crippen molar-refractivity contribution in [3.05, 3.63) is 100 Å². The van der Waals surface area contributed by atoms with Crippen molar-refractivity contribution in [3.63, 3.8) is 0 Å². The SMILES string of the molecule is Cc1ccc(C(=O)CNC(=O)[C@@H]2C3CCC4=Cc5c(cnn5-c5ccc(F)cc5)C[C@]4(C)C3=CC[C@H]2C(F)(F)F)cc1. The first-order valence-corrected chi connectivity index (χ1v) is 14.1. The van der Waals surface area contributed by atoms with E-state index in [0.717, 1.165) is 28.0 Å². The van der Waals surface area contributed by atoms with Crippen LogP contribution in [0.15, 0.2) is 72.0 Å². The van der Waals surface area contributed by atoms with Gasteiger partial charge < -0.3 is 5.32 Å². The lowest BCUT2D eigenvalue weighted by Gasteiger charge is -2.50. The molecule has 0 aliphatic heterocycles. The Hall–Kier alpha value is -4.01. The molecule has 0 spiro atoms. The van der Waals surface area contributed by atoms with Gasteiger partial charge in [-0.25, -0.2) is 9.07 Å². The number of aromatic nitrogens is 2. The molecule has 1 unspecified atom stereocenters. The van der Waals surface area contributed by atoms with Crippen LogP contribution in [0.5, 0.6) is 0 Å². The Morgan fingerprint density at radius 3 is 2.50 bits per heavy atom. The maximum absolute atomic E-state index is 14.3. The van der Waals surface area contributed by atoms with E-state index in [2.05, 4.69) is 16.5 Å². The van der Waals surface area contributed by atoms with Crippen molar-refractivity contribution in [3.8, 4) is 5.69 Å². The first-order chi connectivity index (χ1) is 20.0. The number of allylic oxidation sites excluding steroid dienone is 3. The van der Waals surface area contributed by atoms with Gasteiger partial charge in [-0.2, -0.15) is 18.3 Å². The van der Waals surface area contributed by atoms with Crippen LogP contribution < -0.4 is 5.32 Å². The minimum Gasteiger partial charge on any atom is -0.348 e. The van der Waals surface area contributed by atoms with Gasteiger partial charge in [0.2, 0.25) is 5.91 Å². The van der Waals surface area contributed by atoms with Crippen molar-refractivity contribution >= 4 is 17.8 Å². The molecule has 0 saturated heterocycles. The van der Waals surface area contributed by atoms with E-state index in [9.17, 15) is 27.2 Å². The predicted molar refractivity (Wildman–Crippen MR) is 150 cm³/mol. The summed E-state index contributed by atoms with van der Waals surface area (Å²) in [7, 11) is 0. The van der Waals surface area contributed by atoms with E-state index in [0.29, 0.717) is 30.5 Å². The van der Waals surface area contributed by atoms with Gasteiger partial charge in [-0.15, -0.1) is 0 Å². The van der Waals surface area contributed by atoms with Crippen LogP contribution in [0, 0.1) is 35.9 Å². The number of nitrogens with zero attached hydrogens (tertiary/aromatic N) is 2. The Kier molecular flexibility index (Phi) is 6.94. The van der Waals surface area contributed by atoms with Crippen molar-refractivity contribution < 1.29 is 27.2 Å². The van der Waals surface area contributed by atoms with Crippen molar-refractivity contribution in [2.24, 2.45) is 23.2 Å². The van der Waals surface area contributed by atoms with Gasteiger partial charge in [0.1, 0.15) is 5.82 Å². The molecule has 3 aromatic rings. The van der Waals surface area contributed by atoms with Gasteiger partial charge in [0, 0.05) is 11.0 Å². The van der Waals surface area contributed by atoms with Crippen LogP contribution in [0.2, 0.25) is 0 Å². The van der Waals surface area contributed by atoms with Gasteiger partial charge >= 0.3 is 6.18 Å². The number of aryl methyl sites for hydroxylation is 1. The molecule has 9 heteroatoms. The van der Waals surface area contributed by atoms with Gasteiger partial charge in [0.05, 0.1) is 36.0 Å². The molecular weight excluding hydrogens is 546 g/mol. The van der Waals surface area contributed by atoms with E-state index < -0.39 is 35.3 Å². The van der Waals surface area contributed by atoms with Gasteiger partial charge in [-0.05, 0) is 74.4 Å². The van der Waals surface area contributed by atoms with Crippen molar-refractivity contribution in [2.45, 2.75) is 45.7 Å². The molecule has 1 N–H and O–H groups in total. The molecule has 0 radical (unpaired) electrons. The van der Waals surface area contributed by atoms with Crippen LogP contribution in [-0.2, 0) is 11.2 Å². The molecule has 2 aromatic carbocycles. The highest BCUT2D eigenvalue weighted by Crippen LogP contribution is 2.58. The molecule has 5 nitrogen and oxygen atoms in total. The zero-order chi connectivity index (χ0) is 29.8. The number of amides is 1. The molecule has 3 aliphatic rings. The standard InChI is InChI=1S/C33H31F4N3O2/c1-19-3-5-20(6-4-19)29(41)18-38-31(42)30-25-12-7-22-15-28-21(17-39-40(28)24-10-8-23(34)9-11-24)16-32(22,2)26(25)13-14-27(30)33(35,36)37/h3-6,8-11,13,15,17,25,27,30H,7,12,14,16,18H2,1-2H3,(H,38,42)/t25?,27-,30-,32+/m1/s1. The van der Waals surface area contributed by atoms with Gasteiger partial charge in [-0.3, -0.25) is 9.59 Å². The molecule has 0 bridgehead atoms. The molecule has 1 aromatic heterocycles. The smallest absolute Gasteiger partial charge is 0.348 e. The first-order valence-electron chi connectivity index (χ1n) is 14.1. The average molecular weight is 578 g/mol. The zero-order valence-electron chi connectivity index (χ0n) is 23.3. The Labute approximate surface area is 241 Å². The summed E-state index contributed by atoms with van der Waals surface area (Å²) in [4.78, 5) is 26.2. The maximum atomic E-state index is 14.3. The molecule has 42 heavy (non-hydrogen) atoms. The van der Waals surface area contributed by atoms with Crippen LogP contribution in [-0.4, -0.2) is 34.2 Å². The fraction of sp³-hybridized carbons (Fsp3) is 0.364. The predicted octanol–water partition coefficient (Wildman–Crippen LogP) is 6.80. The lowest BCUT2D eigenvalue weighted by Crippen LogP contribution is -2.51. The van der Waals surface area contributed by atoms with Crippen molar-refractivity contribution in [1.29, 1.82) is 0 Å². The number of carbonyl (C=O) groups is 2. The topological polar surface area (TPSA) is 64.0 Å². The summed E-state index contributed by atoms with van der Waals surface area (Å²) in [6.07, 6.45) is 2.12. The van der Waals surface area contributed by atoms with E-state index >= 15 is 0 Å². The lowest BCUT2D eigenvalue weighted by atomic mass is 9.54. The van der Waals surface area contributed by atoms with Gasteiger partial charge in [-0.1, -0.05) is 54.0 Å². The third-order valence-electron chi connectivity index (χ3n) is 9.26. The molecule has 4 atom stereocenters. The number of fused-ring (bicyclic) bond motifs is 4. The van der Waals surface area contributed by atoms with Crippen molar-refractivity contribution in [1.82, 2.24) is 15.1 Å². The quantitative estimate of drug-likeness (QED) is 0.206. The number of ketones is 1. The number of halogens is 4. The summed E-state index contributed by atoms with van der Waals surface area (Å²) >= 11 is 0. The molecule has 218 valence electrons. The zero-order valence-corrected chi connectivity index (χ0v) is 23.3. The summed E-state index contributed by atoms with van der Waals surface area (Å²) in [5, 5.41) is 7.09. The number of nitrogens with one attached hydrogen (secondary N) is 1. The number of hydrogen-bond donors (Lipinski definition) is 1. The van der Waals surface area contributed by atoms with Crippen LogP contribution >= 0.6 is 0 Å². The molecule has 1 saturated carbocycles. The fourth-order valence-electron chi connectivity index (χ4n) is 7.06. The highest BCUT2D eigenvalue weighted by molar-refractivity contribution is 5.99. The Balaban J connectivity index is 1.28. The Morgan fingerprint density at radius 1 is 1.10 bits per heavy atom. The number of alkyl halides is 3. The second kappa shape index (κ2) is 10.4. The number of Topliss-reactive ketones (excluding diaryl/α,β-unsaturated/α-hetero) is 1. The Morgan fingerprint density at radius 2 is 1.81 bits per heavy atom. The van der Waals surface area contributed by atoms with E-state index in [1.807, 2.05) is 13.8 Å². The summed E-state index contributed by atoms with van der Waals surface area (Å²) in [6, 6.07) is 12.9. The van der Waals surface area contributed by atoms with Crippen molar-refractivity contribution in [2.75, 3.05) is 6.54 Å². The highest BCUT2D eigenvalue weighted by atomic mass is 19.4. The monoisotopic (exact) mass is 577 g/mol. The van der Waals surface area contributed by atoms with Gasteiger partial charge in [0.25, 0.3) is 0 Å². The number of rotatable bonds is 5. The second-order valence-electron chi connectivity index (χ2n) is 11.8. The normalized spacial score (nSPS) is 25.0. The second-order valence-corrected chi connectivity index (χ2v) is 11.8. The summed E-state index contributed by atoms with van der Waals surface area (Å²) < 4.78 is 58.2. The molecular formula is C33H31F4N3O2. The molecule has 1 heterocycles. The average Bonchev–Trinajstić information content (AvgIpc) is 3.36. The third kappa shape index (κ3) is 4.88. The van der Waals surface area contributed by atoms with Crippen LogP contribution in [0.1, 0.15) is 53.4 Å². The van der Waals surface area contributed by atoms with E-state index in [1.165, 1.54) is 12.1 Å². The summed E-state index contributed by atoms with van der Waals surface area (Å²) in [5.41, 5.74) is 5.29. The number of hydrogen-bond acceptors (Lipinski definition) is 3. The van der Waals surface area contributed by atoms with E-state index in [1.54, 1.807) is 53.4 Å². The first kappa shape index (κ1) is 28.1. The van der Waals surface area contributed by atoms with Crippen LogP contribution in [0.4, 0.5) is 17.6 Å². The molecule has 3 aliphatic carbocycles. The van der Waals surface area contributed by atoms with Crippen LogP contribution in [0.3, 0.4) is 0 Å². The Bertz CT molecular complexity index is 1600. The molecule has 1 amide bonds. The summed E-state index contributed by atoms with van der Waals surface area (Å²) in [5.74, 6) is -5.17. The largest absolute Gasteiger partial charge is 0.392 e.